The Morgan fingerprint density at radius 1 is 1.65 bits per heavy atom. The summed E-state index contributed by atoms with van der Waals surface area (Å²) in [5.41, 5.74) is 0.302. The van der Waals surface area contributed by atoms with Gasteiger partial charge in [0.1, 0.15) is 11.8 Å². The van der Waals surface area contributed by atoms with E-state index in [0.717, 1.165) is 12.8 Å². The molecule has 0 aliphatic heterocycles. The predicted molar refractivity (Wildman–Crippen MR) is 59.4 cm³/mol. The van der Waals surface area contributed by atoms with E-state index in [-0.39, 0.29) is 6.42 Å². The number of nitrogens with zero attached hydrogens (tertiary/aromatic N) is 4. The molecule has 2 rings (SSSR count). The standard InChI is InChI=1S/C11H12N4O2/c12-7-8-3-5-13-11(14-8)15(9-1-2-9)6-4-10(16)17/h3,5,9H,1-2,4,6H2,(H,16,17). The molecule has 0 radical (unpaired) electrons. The van der Waals surface area contributed by atoms with Crippen LogP contribution in [-0.4, -0.2) is 33.6 Å². The highest BCUT2D eigenvalue weighted by Gasteiger charge is 2.31. The zero-order valence-corrected chi connectivity index (χ0v) is 9.20. The molecule has 1 fully saturated rings. The molecule has 1 aliphatic carbocycles. The number of aromatic nitrogens is 2. The zero-order chi connectivity index (χ0) is 12.3. The van der Waals surface area contributed by atoms with E-state index in [1.807, 2.05) is 11.0 Å². The van der Waals surface area contributed by atoms with E-state index in [4.69, 9.17) is 10.4 Å². The second kappa shape index (κ2) is 4.78. The van der Waals surface area contributed by atoms with E-state index in [1.54, 1.807) is 0 Å². The van der Waals surface area contributed by atoms with Crippen LogP contribution in [0.2, 0.25) is 0 Å². The van der Waals surface area contributed by atoms with Crippen molar-refractivity contribution in [2.75, 3.05) is 11.4 Å². The molecule has 0 bridgehead atoms. The third-order valence-corrected chi connectivity index (χ3v) is 2.57. The van der Waals surface area contributed by atoms with Crippen LogP contribution in [0.3, 0.4) is 0 Å². The normalized spacial score (nSPS) is 14.1. The number of carbonyl (C=O) groups is 1. The van der Waals surface area contributed by atoms with Crippen LogP contribution in [0.25, 0.3) is 0 Å². The van der Waals surface area contributed by atoms with Crippen LogP contribution in [0.1, 0.15) is 25.0 Å². The molecule has 0 saturated heterocycles. The van der Waals surface area contributed by atoms with Crippen molar-refractivity contribution in [2.24, 2.45) is 0 Å². The van der Waals surface area contributed by atoms with Crippen LogP contribution < -0.4 is 4.90 Å². The molecule has 1 N–H and O–H groups in total. The Labute approximate surface area is 98.5 Å². The van der Waals surface area contributed by atoms with Crippen LogP contribution in [0.15, 0.2) is 12.3 Å². The van der Waals surface area contributed by atoms with Gasteiger partial charge in [-0.05, 0) is 18.9 Å². The smallest absolute Gasteiger partial charge is 0.305 e. The maximum absolute atomic E-state index is 10.6. The number of aliphatic carboxylic acids is 1. The first kappa shape index (κ1) is 11.3. The highest BCUT2D eigenvalue weighted by atomic mass is 16.4. The molecule has 1 heterocycles. The van der Waals surface area contributed by atoms with Gasteiger partial charge in [0, 0.05) is 18.8 Å². The van der Waals surface area contributed by atoms with Crippen molar-refractivity contribution in [2.45, 2.75) is 25.3 Å². The van der Waals surface area contributed by atoms with Gasteiger partial charge in [0.15, 0.2) is 0 Å². The second-order valence-electron chi connectivity index (χ2n) is 3.92. The Balaban J connectivity index is 2.14. The van der Waals surface area contributed by atoms with Crippen molar-refractivity contribution in [1.82, 2.24) is 9.97 Å². The maximum Gasteiger partial charge on any atom is 0.305 e. The molecular weight excluding hydrogens is 220 g/mol. The third-order valence-electron chi connectivity index (χ3n) is 2.57. The maximum atomic E-state index is 10.6. The van der Waals surface area contributed by atoms with Crippen molar-refractivity contribution >= 4 is 11.9 Å². The molecule has 1 aromatic heterocycles. The van der Waals surface area contributed by atoms with Gasteiger partial charge in [0.05, 0.1) is 6.42 Å². The van der Waals surface area contributed by atoms with E-state index in [1.165, 1.54) is 12.3 Å². The lowest BCUT2D eigenvalue weighted by Crippen LogP contribution is -2.30. The molecule has 1 aliphatic rings. The second-order valence-corrected chi connectivity index (χ2v) is 3.92. The summed E-state index contributed by atoms with van der Waals surface area (Å²) < 4.78 is 0. The number of carboxylic acid groups (broad SMARTS) is 1. The lowest BCUT2D eigenvalue weighted by Gasteiger charge is -2.21. The fraction of sp³-hybridized carbons (Fsp3) is 0.455. The predicted octanol–water partition coefficient (Wildman–Crippen LogP) is 0.792. The number of anilines is 1. The molecule has 6 heteroatoms. The van der Waals surface area contributed by atoms with Gasteiger partial charge in [-0.3, -0.25) is 4.79 Å². The largest absolute Gasteiger partial charge is 0.481 e. The Hall–Kier alpha value is -2.16. The summed E-state index contributed by atoms with van der Waals surface area (Å²) in [6, 6.07) is 3.81. The number of carboxylic acids is 1. The van der Waals surface area contributed by atoms with Crippen molar-refractivity contribution in [3.8, 4) is 6.07 Å². The van der Waals surface area contributed by atoms with Gasteiger partial charge in [0.2, 0.25) is 5.95 Å². The molecule has 0 atom stereocenters. The van der Waals surface area contributed by atoms with E-state index >= 15 is 0 Å². The molecule has 1 aromatic rings. The quantitative estimate of drug-likeness (QED) is 0.807. The van der Waals surface area contributed by atoms with Gasteiger partial charge in [-0.2, -0.15) is 5.26 Å². The summed E-state index contributed by atoms with van der Waals surface area (Å²) in [4.78, 5) is 20.6. The average Bonchev–Trinajstić information content (AvgIpc) is 3.14. The molecule has 17 heavy (non-hydrogen) atoms. The fourth-order valence-electron chi connectivity index (χ4n) is 1.60. The minimum absolute atomic E-state index is 0.0522. The summed E-state index contributed by atoms with van der Waals surface area (Å²) in [5.74, 6) is -0.389. The van der Waals surface area contributed by atoms with Crippen LogP contribution in [-0.2, 0) is 4.79 Å². The molecule has 0 unspecified atom stereocenters. The van der Waals surface area contributed by atoms with Crippen LogP contribution in [0.5, 0.6) is 0 Å². The summed E-state index contributed by atoms with van der Waals surface area (Å²) in [5, 5.41) is 17.5. The number of hydrogen-bond donors (Lipinski definition) is 1. The minimum atomic E-state index is -0.841. The Morgan fingerprint density at radius 2 is 2.41 bits per heavy atom. The van der Waals surface area contributed by atoms with Crippen molar-refractivity contribution in [3.05, 3.63) is 18.0 Å². The summed E-state index contributed by atoms with van der Waals surface area (Å²) >= 11 is 0. The van der Waals surface area contributed by atoms with E-state index < -0.39 is 5.97 Å². The van der Waals surface area contributed by atoms with Crippen molar-refractivity contribution in [3.63, 3.8) is 0 Å². The van der Waals surface area contributed by atoms with Crippen LogP contribution in [0, 0.1) is 11.3 Å². The number of nitriles is 1. The molecule has 1 saturated carbocycles. The lowest BCUT2D eigenvalue weighted by atomic mass is 10.3. The average molecular weight is 232 g/mol. The van der Waals surface area contributed by atoms with E-state index in [0.29, 0.717) is 24.2 Å². The van der Waals surface area contributed by atoms with Crippen LogP contribution in [0.4, 0.5) is 5.95 Å². The van der Waals surface area contributed by atoms with E-state index in [2.05, 4.69) is 9.97 Å². The Morgan fingerprint density at radius 3 is 3.00 bits per heavy atom. The van der Waals surface area contributed by atoms with Gasteiger partial charge in [0.25, 0.3) is 0 Å². The molecule has 88 valence electrons. The summed E-state index contributed by atoms with van der Waals surface area (Å²) in [6.45, 7) is 0.384. The minimum Gasteiger partial charge on any atom is -0.481 e. The third kappa shape index (κ3) is 2.91. The lowest BCUT2D eigenvalue weighted by molar-refractivity contribution is -0.136. The van der Waals surface area contributed by atoms with Gasteiger partial charge in [-0.15, -0.1) is 0 Å². The first-order valence-electron chi connectivity index (χ1n) is 5.42. The first-order chi connectivity index (χ1) is 8.20. The molecule has 0 spiro atoms. The Bertz CT molecular complexity index is 465. The van der Waals surface area contributed by atoms with Crippen LogP contribution >= 0.6 is 0 Å². The SMILES string of the molecule is N#Cc1ccnc(N(CCC(=O)O)C2CC2)n1. The van der Waals surface area contributed by atoms with Crippen molar-refractivity contribution in [1.29, 1.82) is 5.26 Å². The molecule has 6 nitrogen and oxygen atoms in total. The van der Waals surface area contributed by atoms with Gasteiger partial charge in [-0.1, -0.05) is 0 Å². The first-order valence-corrected chi connectivity index (χ1v) is 5.42. The molecule has 0 aromatic carbocycles. The van der Waals surface area contributed by atoms with E-state index in [9.17, 15) is 4.79 Å². The fourth-order valence-corrected chi connectivity index (χ4v) is 1.60. The summed E-state index contributed by atoms with van der Waals surface area (Å²) in [7, 11) is 0. The van der Waals surface area contributed by atoms with Crippen molar-refractivity contribution < 1.29 is 9.90 Å². The summed E-state index contributed by atoms with van der Waals surface area (Å²) in [6.07, 6.45) is 3.63. The zero-order valence-electron chi connectivity index (χ0n) is 9.20. The topological polar surface area (TPSA) is 90.1 Å². The molecule has 0 amide bonds. The van der Waals surface area contributed by atoms with Gasteiger partial charge >= 0.3 is 5.97 Å². The number of rotatable bonds is 5. The van der Waals surface area contributed by atoms with Gasteiger partial charge < -0.3 is 10.0 Å². The molecular formula is C11H12N4O2. The number of hydrogen-bond acceptors (Lipinski definition) is 5. The van der Waals surface area contributed by atoms with Gasteiger partial charge in [-0.25, -0.2) is 9.97 Å². The Kier molecular flexibility index (Phi) is 3.19. The highest BCUT2D eigenvalue weighted by molar-refractivity contribution is 5.67. The highest BCUT2D eigenvalue weighted by Crippen LogP contribution is 2.29. The monoisotopic (exact) mass is 232 g/mol.